The Bertz CT molecular complexity index is 2930. The molecule has 3 N–H and O–H groups in total. The zero-order valence-electron chi connectivity index (χ0n) is 45.1. The van der Waals surface area contributed by atoms with Crippen LogP contribution >= 0.6 is 0 Å². The molecule has 7 amide bonds. The number of aliphatic imine (C=N–C) groups is 1. The van der Waals surface area contributed by atoms with Gasteiger partial charge in [-0.3, -0.25) is 48.2 Å². The number of aliphatic hydroxyl groups is 1. The van der Waals surface area contributed by atoms with E-state index in [-0.39, 0.29) is 136 Å². The molecule has 24 heteroatoms. The van der Waals surface area contributed by atoms with Crippen LogP contribution in [0.4, 0.5) is 16.2 Å². The number of methoxy groups -OCH3 is 2. The lowest BCUT2D eigenvalue weighted by Crippen LogP contribution is -2.60. The van der Waals surface area contributed by atoms with Crippen molar-refractivity contribution in [2.75, 3.05) is 72.1 Å². The number of nitrogens with zero attached hydrogens (tertiary/aromatic N) is 5. The Hall–Kier alpha value is -8.22. The molecular formula is C56H65N7O17. The second-order valence-corrected chi connectivity index (χ2v) is 20.0. The van der Waals surface area contributed by atoms with Gasteiger partial charge in [-0.25, -0.2) is 9.69 Å². The number of rotatable bonds is 27. The summed E-state index contributed by atoms with van der Waals surface area (Å²) in [5, 5.41) is 17.0. The van der Waals surface area contributed by atoms with Crippen LogP contribution in [0.2, 0.25) is 0 Å². The molecule has 0 aromatic heterocycles. The lowest BCUT2D eigenvalue weighted by molar-refractivity contribution is -0.137. The highest BCUT2D eigenvalue weighted by Gasteiger charge is 2.48. The first-order chi connectivity index (χ1) is 38.5. The summed E-state index contributed by atoms with van der Waals surface area (Å²) >= 11 is 0. The van der Waals surface area contributed by atoms with E-state index in [1.54, 1.807) is 54.4 Å². The predicted molar refractivity (Wildman–Crippen MR) is 283 cm³/mol. The van der Waals surface area contributed by atoms with E-state index in [1.807, 2.05) is 13.8 Å². The van der Waals surface area contributed by atoms with E-state index >= 15 is 0 Å². The Kier molecular flexibility index (Phi) is 18.9. The first-order valence-electron chi connectivity index (χ1n) is 26.3. The molecule has 2 saturated heterocycles. The van der Waals surface area contributed by atoms with Crippen molar-refractivity contribution in [3.63, 3.8) is 0 Å². The molecule has 3 aromatic carbocycles. The number of benzene rings is 3. The first-order valence-corrected chi connectivity index (χ1v) is 26.3. The Labute approximate surface area is 461 Å². The van der Waals surface area contributed by atoms with E-state index in [9.17, 15) is 48.3 Å². The predicted octanol–water partition coefficient (Wildman–Crippen LogP) is 3.40. The van der Waals surface area contributed by atoms with E-state index in [2.05, 4.69) is 15.6 Å². The Morgan fingerprint density at radius 3 is 2.05 bits per heavy atom. The second-order valence-electron chi connectivity index (χ2n) is 20.0. The van der Waals surface area contributed by atoms with E-state index in [4.69, 9.17) is 33.2 Å². The lowest BCUT2D eigenvalue weighted by atomic mass is 9.88. The number of ether oxygens (including phenoxy) is 7. The summed E-state index contributed by atoms with van der Waals surface area (Å²) in [6.45, 7) is 5.58. The molecule has 2 fully saturated rings. The Morgan fingerprint density at radius 1 is 0.762 bits per heavy atom. The monoisotopic (exact) mass is 1110 g/mol. The minimum absolute atomic E-state index is 0.0113. The van der Waals surface area contributed by atoms with Crippen LogP contribution in [0.1, 0.15) is 84.7 Å². The highest BCUT2D eigenvalue weighted by molar-refractivity contribution is 6.13. The van der Waals surface area contributed by atoms with Crippen LogP contribution < -0.4 is 34.5 Å². The average Bonchev–Trinajstić information content (AvgIpc) is 3.94. The van der Waals surface area contributed by atoms with Gasteiger partial charge in [0.15, 0.2) is 48.6 Å². The van der Waals surface area contributed by atoms with Gasteiger partial charge in [0, 0.05) is 88.3 Å². The number of carbonyl (C=O) groups excluding carboxylic acids is 9. The molecule has 24 nitrogen and oxygen atoms in total. The number of amides is 7. The van der Waals surface area contributed by atoms with Crippen molar-refractivity contribution in [1.82, 2.24) is 25.3 Å². The van der Waals surface area contributed by atoms with Crippen LogP contribution in [-0.4, -0.2) is 171 Å². The minimum atomic E-state index is -1.48. The topological polar surface area (TPSA) is 288 Å². The van der Waals surface area contributed by atoms with E-state index in [0.717, 1.165) is 28.4 Å². The molecule has 8 rings (SSSR count). The van der Waals surface area contributed by atoms with Crippen LogP contribution in [0.15, 0.2) is 65.7 Å². The van der Waals surface area contributed by atoms with Gasteiger partial charge in [0.05, 0.1) is 68.1 Å². The summed E-state index contributed by atoms with van der Waals surface area (Å²) in [6, 6.07) is 11.1. The third kappa shape index (κ3) is 13.4. The number of aliphatic hydroxyl groups excluding tert-OH is 1. The van der Waals surface area contributed by atoms with Crippen molar-refractivity contribution in [2.45, 2.75) is 90.3 Å². The fraction of sp³-hybridized carbons (Fsp3) is 0.464. The van der Waals surface area contributed by atoms with E-state index < -0.39 is 54.0 Å². The number of nitrogens with one attached hydrogen (secondary N) is 2. The molecule has 5 aliphatic rings. The molecule has 0 bridgehead atoms. The number of carbonyl (C=O) groups is 9. The summed E-state index contributed by atoms with van der Waals surface area (Å²) in [7, 11) is 2.84. The first kappa shape index (κ1) is 57.9. The van der Waals surface area contributed by atoms with Crippen LogP contribution in [0.5, 0.6) is 23.0 Å². The van der Waals surface area contributed by atoms with E-state index in [0.29, 0.717) is 47.6 Å². The largest absolute Gasteiger partial charge is 0.493 e. The number of hydrogen-bond acceptors (Lipinski definition) is 18. The minimum Gasteiger partial charge on any atom is -0.493 e. The fourth-order valence-corrected chi connectivity index (χ4v) is 9.52. The molecule has 80 heavy (non-hydrogen) atoms. The highest BCUT2D eigenvalue weighted by Crippen LogP contribution is 2.42. The standard InChI is InChI=1S/C56H65N7O17/c1-32(2)38(23-37(64)15-20-76-21-16-57-49(66)14-19-62-50(67)10-11-51(62)68)52(69)59-33(3)44(65)22-34-6-8-35(9-7-34)29-78-56(73)63-43-27-48(46(75-5)25-40(43)54(71)61-18-13-42(61)55(63)72)80-31-77-30-79-47-26-41-39(24-45(47)74-4)53(70)60-17-12-36(60)28-58-41/h6-11,24-28,32-33,36,38,42,55,72H,12-23,29-31H2,1-5H3,(H,57,66)(H,59,69)/t33-,36-,38-,42-,55?/m0/s1. The number of imide groups is 1. The zero-order valence-corrected chi connectivity index (χ0v) is 45.1. The van der Waals surface area contributed by atoms with Gasteiger partial charge in [-0.2, -0.15) is 0 Å². The molecule has 5 heterocycles. The smallest absolute Gasteiger partial charge is 0.416 e. The molecule has 0 aliphatic carbocycles. The maximum absolute atomic E-state index is 14.0. The zero-order chi connectivity index (χ0) is 57.2. The molecule has 1 unspecified atom stereocenters. The van der Waals surface area contributed by atoms with Gasteiger partial charge in [-0.15, -0.1) is 0 Å². The summed E-state index contributed by atoms with van der Waals surface area (Å²) in [5.74, 6) is -2.90. The van der Waals surface area contributed by atoms with Gasteiger partial charge < -0.3 is 58.7 Å². The number of Topliss-reactive ketones (excluding diaryl/α,β-unsaturated/α-hetero) is 2. The summed E-state index contributed by atoms with van der Waals surface area (Å²) < 4.78 is 39.7. The van der Waals surface area contributed by atoms with Crippen LogP contribution in [-0.2, 0) is 56.0 Å². The van der Waals surface area contributed by atoms with Crippen LogP contribution in [0, 0.1) is 11.8 Å². The third-order valence-corrected chi connectivity index (χ3v) is 14.5. The second kappa shape index (κ2) is 26.2. The number of ketones is 2. The van der Waals surface area contributed by atoms with Crippen LogP contribution in [0.3, 0.4) is 0 Å². The molecule has 3 aromatic rings. The normalized spacial score (nSPS) is 18.6. The molecule has 0 saturated carbocycles. The van der Waals surface area contributed by atoms with Gasteiger partial charge in [0.25, 0.3) is 23.6 Å². The number of anilines is 1. The Morgan fingerprint density at radius 2 is 1.41 bits per heavy atom. The summed E-state index contributed by atoms with van der Waals surface area (Å²) in [6.07, 6.45) is 2.75. The SMILES string of the molecule is COc1cc2c(cc1OCOCOc1cc3c(cc1OC)C(=O)N1CC[C@H]1C(O)N3C(=O)OCc1ccc(CC(=O)[C@H](C)NC(=O)[C@@H](CC(=O)CCOCCNC(=O)CCN3C(=O)C=CC3=O)C(C)C)cc1)N=C[C@@H]1CCN1C2=O. The number of hydrogen-bond donors (Lipinski definition) is 3. The molecule has 5 atom stereocenters. The summed E-state index contributed by atoms with van der Waals surface area (Å²) in [5.41, 5.74) is 2.08. The van der Waals surface area contributed by atoms with Gasteiger partial charge in [0.2, 0.25) is 11.8 Å². The van der Waals surface area contributed by atoms with Crippen LogP contribution in [0.25, 0.3) is 0 Å². The summed E-state index contributed by atoms with van der Waals surface area (Å²) in [4.78, 5) is 126. The van der Waals surface area contributed by atoms with Gasteiger partial charge in [0.1, 0.15) is 12.4 Å². The van der Waals surface area contributed by atoms with Crippen molar-refractivity contribution in [3.05, 3.63) is 82.9 Å². The maximum Gasteiger partial charge on any atom is 0.416 e. The molecule has 0 spiro atoms. The quantitative estimate of drug-likeness (QED) is 0.0560. The average molecular weight is 1110 g/mol. The van der Waals surface area contributed by atoms with Gasteiger partial charge in [-0.05, 0) is 48.9 Å². The van der Waals surface area contributed by atoms with E-state index in [1.165, 1.54) is 31.3 Å². The highest BCUT2D eigenvalue weighted by atomic mass is 16.7. The van der Waals surface area contributed by atoms with Gasteiger partial charge >= 0.3 is 6.09 Å². The van der Waals surface area contributed by atoms with Gasteiger partial charge in [-0.1, -0.05) is 38.1 Å². The lowest BCUT2D eigenvalue weighted by Gasteiger charge is -2.43. The molecule has 0 radical (unpaired) electrons. The third-order valence-electron chi connectivity index (χ3n) is 14.5. The maximum atomic E-state index is 14.0. The fourth-order valence-electron chi connectivity index (χ4n) is 9.52. The van der Waals surface area contributed by atoms with Crippen molar-refractivity contribution in [1.29, 1.82) is 0 Å². The van der Waals surface area contributed by atoms with Crippen molar-refractivity contribution in [3.8, 4) is 23.0 Å². The Balaban J connectivity index is 0.794. The van der Waals surface area contributed by atoms with Crippen molar-refractivity contribution in [2.24, 2.45) is 16.8 Å². The molecule has 5 aliphatic heterocycles. The molecule has 426 valence electrons. The number of fused-ring (bicyclic) bond motifs is 4. The molecular weight excluding hydrogens is 1040 g/mol. The van der Waals surface area contributed by atoms with Crippen molar-refractivity contribution < 1.29 is 81.4 Å². The van der Waals surface area contributed by atoms with Crippen molar-refractivity contribution >= 4 is 70.7 Å².